The summed E-state index contributed by atoms with van der Waals surface area (Å²) in [5.41, 5.74) is 7.06. The largest absolute Gasteiger partial charge is 0.398 e. The van der Waals surface area contributed by atoms with E-state index >= 15 is 0 Å². The molecule has 0 amide bonds. The minimum absolute atomic E-state index is 0.104. The molecule has 0 radical (unpaired) electrons. The number of nitrogens with two attached hydrogens (primary N) is 1. The summed E-state index contributed by atoms with van der Waals surface area (Å²) in [6.07, 6.45) is 0. The maximum atomic E-state index is 12.5. The number of nitrogens with one attached hydrogen (secondary N) is 1. The molecule has 20 heavy (non-hydrogen) atoms. The lowest BCUT2D eigenvalue weighted by atomic mass is 10.2. The average molecular weight is 420 g/mol. The molecule has 0 aromatic heterocycles. The third-order valence-corrected chi connectivity index (χ3v) is 5.45. The second-order valence-corrected chi connectivity index (χ2v) is 7.61. The van der Waals surface area contributed by atoms with Crippen LogP contribution in [0.25, 0.3) is 0 Å². The molecule has 106 valence electrons. The number of anilines is 2. The third-order valence-electron chi connectivity index (χ3n) is 2.68. The summed E-state index contributed by atoms with van der Waals surface area (Å²) in [6.45, 7) is 1.71. The van der Waals surface area contributed by atoms with Gasteiger partial charge < -0.3 is 5.73 Å². The fraction of sp³-hybridized carbons (Fsp3) is 0.0769. The van der Waals surface area contributed by atoms with Gasteiger partial charge in [0.25, 0.3) is 10.0 Å². The Kier molecular flexibility index (Phi) is 4.41. The van der Waals surface area contributed by atoms with E-state index in [-0.39, 0.29) is 10.6 Å². The summed E-state index contributed by atoms with van der Waals surface area (Å²) in [7, 11) is -3.74. The predicted molar refractivity (Wildman–Crippen MR) is 88.2 cm³/mol. The standard InChI is InChI=1S/C13H12Br2N2O2S/c1-8-3-2-4-11(16)13(8)20(18,19)17-12-7-9(14)5-6-10(12)15/h2-7,17H,16H2,1H3. The number of sulfonamides is 1. The van der Waals surface area contributed by atoms with Gasteiger partial charge in [-0.15, -0.1) is 0 Å². The van der Waals surface area contributed by atoms with Crippen molar-refractivity contribution in [1.29, 1.82) is 0 Å². The third kappa shape index (κ3) is 3.16. The summed E-state index contributed by atoms with van der Waals surface area (Å²) in [5, 5.41) is 0. The number of hydrogen-bond donors (Lipinski definition) is 2. The van der Waals surface area contributed by atoms with Crippen molar-refractivity contribution in [3.05, 3.63) is 50.9 Å². The van der Waals surface area contributed by atoms with Gasteiger partial charge in [0.1, 0.15) is 4.90 Å². The quantitative estimate of drug-likeness (QED) is 0.741. The van der Waals surface area contributed by atoms with Crippen LogP contribution in [0.2, 0.25) is 0 Å². The zero-order valence-corrected chi connectivity index (χ0v) is 14.5. The van der Waals surface area contributed by atoms with Gasteiger partial charge in [-0.2, -0.15) is 0 Å². The van der Waals surface area contributed by atoms with Gasteiger partial charge in [-0.1, -0.05) is 28.1 Å². The minimum Gasteiger partial charge on any atom is -0.398 e. The molecule has 0 saturated heterocycles. The van der Waals surface area contributed by atoms with Crippen LogP contribution in [0.3, 0.4) is 0 Å². The molecule has 2 aromatic carbocycles. The van der Waals surface area contributed by atoms with Crippen LogP contribution in [0.4, 0.5) is 11.4 Å². The fourth-order valence-electron chi connectivity index (χ4n) is 1.81. The molecular weight excluding hydrogens is 408 g/mol. The van der Waals surface area contributed by atoms with Crippen molar-refractivity contribution in [2.75, 3.05) is 10.5 Å². The molecule has 0 heterocycles. The van der Waals surface area contributed by atoms with Crippen molar-refractivity contribution >= 4 is 53.3 Å². The number of aryl methyl sites for hydroxylation is 1. The van der Waals surface area contributed by atoms with E-state index in [1.165, 1.54) is 0 Å². The molecular formula is C13H12Br2N2O2S. The van der Waals surface area contributed by atoms with Crippen LogP contribution >= 0.6 is 31.9 Å². The van der Waals surface area contributed by atoms with Gasteiger partial charge in [0.15, 0.2) is 0 Å². The molecule has 0 aliphatic rings. The van der Waals surface area contributed by atoms with Crippen LogP contribution in [-0.4, -0.2) is 8.42 Å². The molecule has 4 nitrogen and oxygen atoms in total. The lowest BCUT2D eigenvalue weighted by molar-refractivity contribution is 0.601. The molecule has 0 spiro atoms. The van der Waals surface area contributed by atoms with E-state index in [0.29, 0.717) is 15.7 Å². The maximum Gasteiger partial charge on any atom is 0.264 e. The molecule has 0 saturated carbocycles. The average Bonchev–Trinajstić information content (AvgIpc) is 2.33. The number of hydrogen-bond acceptors (Lipinski definition) is 3. The van der Waals surface area contributed by atoms with Gasteiger partial charge in [0, 0.05) is 8.95 Å². The second kappa shape index (κ2) is 5.75. The predicted octanol–water partition coefficient (Wildman–Crippen LogP) is 3.90. The lowest BCUT2D eigenvalue weighted by Crippen LogP contribution is -2.16. The molecule has 0 unspecified atom stereocenters. The Hall–Kier alpha value is -1.05. The first-order chi connectivity index (χ1) is 9.31. The Bertz CT molecular complexity index is 741. The molecule has 0 fully saturated rings. The molecule has 0 aliphatic carbocycles. The highest BCUT2D eigenvalue weighted by atomic mass is 79.9. The van der Waals surface area contributed by atoms with Crippen LogP contribution in [-0.2, 0) is 10.0 Å². The van der Waals surface area contributed by atoms with E-state index in [2.05, 4.69) is 36.6 Å². The highest BCUT2D eigenvalue weighted by Crippen LogP contribution is 2.30. The van der Waals surface area contributed by atoms with E-state index in [1.807, 2.05) is 6.07 Å². The van der Waals surface area contributed by atoms with Crippen molar-refractivity contribution in [3.8, 4) is 0 Å². The number of benzene rings is 2. The van der Waals surface area contributed by atoms with Crippen molar-refractivity contribution in [2.45, 2.75) is 11.8 Å². The smallest absolute Gasteiger partial charge is 0.264 e. The molecule has 0 bridgehead atoms. The van der Waals surface area contributed by atoms with Crippen molar-refractivity contribution in [3.63, 3.8) is 0 Å². The Morgan fingerprint density at radius 3 is 2.50 bits per heavy atom. The van der Waals surface area contributed by atoms with E-state index in [1.54, 1.807) is 37.3 Å². The van der Waals surface area contributed by atoms with E-state index < -0.39 is 10.0 Å². The molecule has 3 N–H and O–H groups in total. The Labute approximate surface area is 134 Å². The SMILES string of the molecule is Cc1cccc(N)c1S(=O)(=O)Nc1cc(Br)ccc1Br. The highest BCUT2D eigenvalue weighted by Gasteiger charge is 2.21. The van der Waals surface area contributed by atoms with Gasteiger partial charge in [0.2, 0.25) is 0 Å². The second-order valence-electron chi connectivity index (χ2n) is 4.22. The van der Waals surface area contributed by atoms with Gasteiger partial charge in [-0.05, 0) is 52.7 Å². The number of rotatable bonds is 3. The minimum atomic E-state index is -3.74. The summed E-state index contributed by atoms with van der Waals surface area (Å²) < 4.78 is 28.9. The van der Waals surface area contributed by atoms with Gasteiger partial charge in [-0.3, -0.25) is 4.72 Å². The van der Waals surface area contributed by atoms with Crippen molar-refractivity contribution in [2.24, 2.45) is 0 Å². The first kappa shape index (κ1) is 15.3. The van der Waals surface area contributed by atoms with Crippen LogP contribution in [0.5, 0.6) is 0 Å². The van der Waals surface area contributed by atoms with E-state index in [9.17, 15) is 8.42 Å². The maximum absolute atomic E-state index is 12.5. The topological polar surface area (TPSA) is 72.2 Å². The molecule has 2 aromatic rings. The fourth-order valence-corrected chi connectivity index (χ4v) is 4.08. The molecule has 0 aliphatic heterocycles. The van der Waals surface area contributed by atoms with Crippen molar-refractivity contribution in [1.82, 2.24) is 0 Å². The van der Waals surface area contributed by atoms with Crippen LogP contribution in [0, 0.1) is 6.92 Å². The van der Waals surface area contributed by atoms with Crippen LogP contribution in [0.15, 0.2) is 50.2 Å². The van der Waals surface area contributed by atoms with Gasteiger partial charge in [-0.25, -0.2) is 8.42 Å². The first-order valence-electron chi connectivity index (χ1n) is 5.64. The van der Waals surface area contributed by atoms with Crippen LogP contribution in [0.1, 0.15) is 5.56 Å². The monoisotopic (exact) mass is 418 g/mol. The summed E-state index contributed by atoms with van der Waals surface area (Å²) in [4.78, 5) is 0.104. The molecule has 0 atom stereocenters. The summed E-state index contributed by atoms with van der Waals surface area (Å²) in [5.74, 6) is 0. The highest BCUT2D eigenvalue weighted by molar-refractivity contribution is 9.11. The van der Waals surface area contributed by atoms with Crippen LogP contribution < -0.4 is 10.5 Å². The zero-order chi connectivity index (χ0) is 14.9. The summed E-state index contributed by atoms with van der Waals surface area (Å²) in [6, 6.07) is 10.2. The first-order valence-corrected chi connectivity index (χ1v) is 8.71. The summed E-state index contributed by atoms with van der Waals surface area (Å²) >= 11 is 6.62. The Morgan fingerprint density at radius 1 is 1.15 bits per heavy atom. The number of halogens is 2. The van der Waals surface area contributed by atoms with Crippen molar-refractivity contribution < 1.29 is 8.42 Å². The lowest BCUT2D eigenvalue weighted by Gasteiger charge is -2.13. The number of nitrogen functional groups attached to an aromatic ring is 1. The Balaban J connectivity index is 2.49. The molecule has 2 rings (SSSR count). The Morgan fingerprint density at radius 2 is 1.85 bits per heavy atom. The van der Waals surface area contributed by atoms with Gasteiger partial charge in [0.05, 0.1) is 11.4 Å². The molecule has 7 heteroatoms. The van der Waals surface area contributed by atoms with E-state index in [4.69, 9.17) is 5.73 Å². The van der Waals surface area contributed by atoms with E-state index in [0.717, 1.165) is 4.47 Å². The zero-order valence-electron chi connectivity index (χ0n) is 10.5. The van der Waals surface area contributed by atoms with Gasteiger partial charge >= 0.3 is 0 Å². The normalized spacial score (nSPS) is 11.3.